The Hall–Kier alpha value is -2.67. The fraction of sp³-hybridized carbons (Fsp3) is 0.381. The summed E-state index contributed by atoms with van der Waals surface area (Å²) in [5, 5.41) is 1.28. The van der Waals surface area contributed by atoms with Gasteiger partial charge >= 0.3 is 0 Å². The number of nitrogens with zero attached hydrogens (tertiary/aromatic N) is 4. The van der Waals surface area contributed by atoms with E-state index in [1.807, 2.05) is 36.1 Å². The molecule has 0 spiro atoms. The molecule has 3 aromatic rings. The molecule has 1 N–H and O–H groups in total. The molecule has 1 aliphatic rings. The molecule has 1 fully saturated rings. The van der Waals surface area contributed by atoms with Gasteiger partial charge in [-0.1, -0.05) is 36.7 Å². The molecular weight excluding hydrogens is 393 g/mol. The highest BCUT2D eigenvalue weighted by Crippen LogP contribution is 2.30. The Morgan fingerprint density at radius 2 is 2.17 bits per heavy atom. The van der Waals surface area contributed by atoms with Crippen molar-refractivity contribution < 1.29 is 9.18 Å². The predicted octanol–water partition coefficient (Wildman–Crippen LogP) is 4.05. The first kappa shape index (κ1) is 19.6. The molecule has 1 saturated heterocycles. The lowest BCUT2D eigenvalue weighted by Crippen LogP contribution is -2.43. The van der Waals surface area contributed by atoms with Gasteiger partial charge in [-0.3, -0.25) is 4.79 Å². The second kappa shape index (κ2) is 7.99. The highest BCUT2D eigenvalue weighted by atomic mass is 35.5. The Bertz CT molecular complexity index is 1050. The van der Waals surface area contributed by atoms with Crippen molar-refractivity contribution in [3.8, 4) is 0 Å². The third-order valence-corrected chi connectivity index (χ3v) is 5.91. The van der Waals surface area contributed by atoms with Crippen LogP contribution >= 0.6 is 11.6 Å². The summed E-state index contributed by atoms with van der Waals surface area (Å²) >= 11 is 6.48. The van der Waals surface area contributed by atoms with E-state index < -0.39 is 5.82 Å². The van der Waals surface area contributed by atoms with Crippen molar-refractivity contribution in [1.29, 1.82) is 0 Å². The van der Waals surface area contributed by atoms with Crippen LogP contribution in [-0.2, 0) is 6.42 Å². The minimum atomic E-state index is -0.396. The van der Waals surface area contributed by atoms with Gasteiger partial charge in [-0.05, 0) is 25.3 Å². The molecule has 1 amide bonds. The van der Waals surface area contributed by atoms with Crippen LogP contribution in [0.4, 0.5) is 10.2 Å². The number of anilines is 1. The van der Waals surface area contributed by atoms with E-state index in [4.69, 9.17) is 11.6 Å². The summed E-state index contributed by atoms with van der Waals surface area (Å²) in [5.74, 6) is -0.258. The molecule has 1 atom stereocenters. The maximum Gasteiger partial charge on any atom is 0.272 e. The van der Waals surface area contributed by atoms with Crippen molar-refractivity contribution in [2.75, 3.05) is 25.0 Å². The van der Waals surface area contributed by atoms with Crippen molar-refractivity contribution in [2.24, 2.45) is 0 Å². The van der Waals surface area contributed by atoms with Crippen LogP contribution in [0.5, 0.6) is 0 Å². The highest BCUT2D eigenvalue weighted by molar-refractivity contribution is 6.38. The first-order valence-electron chi connectivity index (χ1n) is 9.79. The lowest BCUT2D eigenvalue weighted by Gasteiger charge is -2.29. The minimum absolute atomic E-state index is 0.0468. The lowest BCUT2D eigenvalue weighted by atomic mass is 10.2. The number of nitrogens with one attached hydrogen (secondary N) is 1. The van der Waals surface area contributed by atoms with Crippen molar-refractivity contribution >= 4 is 34.2 Å². The number of aromatic amines is 1. The van der Waals surface area contributed by atoms with E-state index >= 15 is 0 Å². The van der Waals surface area contributed by atoms with Gasteiger partial charge in [0.1, 0.15) is 12.0 Å². The number of H-pyrrole nitrogens is 1. The predicted molar refractivity (Wildman–Crippen MR) is 112 cm³/mol. The smallest absolute Gasteiger partial charge is 0.272 e. The van der Waals surface area contributed by atoms with Crippen molar-refractivity contribution in [3.63, 3.8) is 0 Å². The van der Waals surface area contributed by atoms with E-state index in [0.29, 0.717) is 35.9 Å². The van der Waals surface area contributed by atoms with Gasteiger partial charge in [-0.15, -0.1) is 0 Å². The van der Waals surface area contributed by atoms with E-state index in [1.54, 1.807) is 11.9 Å². The van der Waals surface area contributed by atoms with Crippen molar-refractivity contribution in [3.05, 3.63) is 52.8 Å². The molecule has 0 saturated carbocycles. The molecule has 1 unspecified atom stereocenters. The monoisotopic (exact) mass is 415 g/mol. The quantitative estimate of drug-likeness (QED) is 0.682. The molecule has 0 bridgehead atoms. The summed E-state index contributed by atoms with van der Waals surface area (Å²) in [6.07, 6.45) is 3.63. The van der Waals surface area contributed by atoms with Crippen LogP contribution in [-0.4, -0.2) is 51.9 Å². The molecule has 6 nitrogen and oxygen atoms in total. The Kier molecular flexibility index (Phi) is 5.41. The van der Waals surface area contributed by atoms with Gasteiger partial charge < -0.3 is 14.8 Å². The highest BCUT2D eigenvalue weighted by Gasteiger charge is 2.33. The van der Waals surface area contributed by atoms with Crippen molar-refractivity contribution in [1.82, 2.24) is 19.9 Å². The third-order valence-electron chi connectivity index (χ3n) is 5.52. The van der Waals surface area contributed by atoms with Gasteiger partial charge in [0.2, 0.25) is 0 Å². The van der Waals surface area contributed by atoms with Crippen LogP contribution in [0.1, 0.15) is 35.9 Å². The van der Waals surface area contributed by atoms with E-state index in [-0.39, 0.29) is 17.8 Å². The van der Waals surface area contributed by atoms with E-state index in [1.165, 1.54) is 6.33 Å². The topological polar surface area (TPSA) is 65.1 Å². The van der Waals surface area contributed by atoms with Crippen LogP contribution in [0.2, 0.25) is 5.02 Å². The maximum atomic E-state index is 14.6. The fourth-order valence-electron chi connectivity index (χ4n) is 4.00. The SMILES string of the molecule is CCc1ncnc(N(C)CC2CCCN2C(=O)c2[nH]c3ccccc3c2Cl)c1F. The average molecular weight is 416 g/mol. The summed E-state index contributed by atoms with van der Waals surface area (Å²) < 4.78 is 14.6. The number of hydrogen-bond donors (Lipinski definition) is 1. The molecule has 1 aliphatic heterocycles. The average Bonchev–Trinajstić information content (AvgIpc) is 3.32. The van der Waals surface area contributed by atoms with Crippen LogP contribution < -0.4 is 4.90 Å². The molecule has 0 radical (unpaired) electrons. The van der Waals surface area contributed by atoms with Crippen LogP contribution in [0.25, 0.3) is 10.9 Å². The normalized spacial score (nSPS) is 16.6. The van der Waals surface area contributed by atoms with Crippen molar-refractivity contribution in [2.45, 2.75) is 32.2 Å². The van der Waals surface area contributed by atoms with Gasteiger partial charge in [-0.2, -0.15) is 0 Å². The number of aromatic nitrogens is 3. The molecule has 1 aromatic carbocycles. The van der Waals surface area contributed by atoms with Gasteiger partial charge in [0.05, 0.1) is 10.7 Å². The number of fused-ring (bicyclic) bond motifs is 1. The molecule has 152 valence electrons. The third kappa shape index (κ3) is 3.55. The molecule has 2 aromatic heterocycles. The van der Waals surface area contributed by atoms with Gasteiger partial charge in [0.25, 0.3) is 5.91 Å². The molecular formula is C21H23ClFN5O. The molecule has 3 heterocycles. The number of aryl methyl sites for hydroxylation is 1. The van der Waals surface area contributed by atoms with Gasteiger partial charge in [0.15, 0.2) is 11.6 Å². The van der Waals surface area contributed by atoms with Crippen LogP contribution in [0.15, 0.2) is 30.6 Å². The first-order valence-corrected chi connectivity index (χ1v) is 10.2. The van der Waals surface area contributed by atoms with E-state index in [9.17, 15) is 9.18 Å². The lowest BCUT2D eigenvalue weighted by molar-refractivity contribution is 0.0736. The van der Waals surface area contributed by atoms with Gasteiger partial charge in [-0.25, -0.2) is 14.4 Å². The summed E-state index contributed by atoms with van der Waals surface area (Å²) in [6.45, 7) is 2.99. The number of rotatable bonds is 5. The number of carbonyl (C=O) groups is 1. The maximum absolute atomic E-state index is 14.6. The van der Waals surface area contributed by atoms with Crippen LogP contribution in [0, 0.1) is 5.82 Å². The standard InChI is InChI=1S/C21H23ClFN5O/c1-3-15-18(23)20(25-12-24-15)27(2)11-13-7-6-10-28(13)21(29)19-17(22)14-8-4-5-9-16(14)26-19/h4-5,8-9,12-13,26H,3,6-7,10-11H2,1-2H3. The Morgan fingerprint density at radius 3 is 2.93 bits per heavy atom. The Labute approximate surface area is 173 Å². The minimum Gasteiger partial charge on any atom is -0.355 e. The van der Waals surface area contributed by atoms with E-state index in [2.05, 4.69) is 15.0 Å². The van der Waals surface area contributed by atoms with Gasteiger partial charge in [0, 0.05) is 37.1 Å². The number of hydrogen-bond acceptors (Lipinski definition) is 4. The zero-order valence-electron chi connectivity index (χ0n) is 16.5. The summed E-state index contributed by atoms with van der Waals surface area (Å²) in [4.78, 5) is 28.1. The number of likely N-dealkylation sites (tertiary alicyclic amines) is 1. The molecule has 4 rings (SSSR count). The molecule has 0 aliphatic carbocycles. The summed E-state index contributed by atoms with van der Waals surface area (Å²) in [5.41, 5.74) is 1.64. The number of para-hydroxylation sites is 1. The summed E-state index contributed by atoms with van der Waals surface area (Å²) in [6, 6.07) is 7.54. The number of halogens is 2. The van der Waals surface area contributed by atoms with E-state index in [0.717, 1.165) is 23.7 Å². The number of likely N-dealkylation sites (N-methyl/N-ethyl adjacent to an activating group) is 1. The van der Waals surface area contributed by atoms with Crippen LogP contribution in [0.3, 0.4) is 0 Å². The number of amides is 1. The zero-order chi connectivity index (χ0) is 20.5. The number of carbonyl (C=O) groups excluding carboxylic acids is 1. The summed E-state index contributed by atoms with van der Waals surface area (Å²) in [7, 11) is 1.79. The first-order chi connectivity index (χ1) is 14.0. The number of benzene rings is 1. The molecule has 8 heteroatoms. The Balaban J connectivity index is 1.56. The second-order valence-electron chi connectivity index (χ2n) is 7.35. The zero-order valence-corrected chi connectivity index (χ0v) is 17.2. The molecule has 29 heavy (non-hydrogen) atoms. The second-order valence-corrected chi connectivity index (χ2v) is 7.72. The largest absolute Gasteiger partial charge is 0.355 e. The fourth-order valence-corrected chi connectivity index (χ4v) is 4.30. The Morgan fingerprint density at radius 1 is 1.38 bits per heavy atom.